The van der Waals surface area contributed by atoms with Gasteiger partial charge < -0.3 is 15.7 Å². The van der Waals surface area contributed by atoms with Gasteiger partial charge in [-0.15, -0.1) is 0 Å². The standard InChI is InChI=1S/C14H21N3O/c1-10-8-11(5-6-13(10)14(15)16)17-7-3-2-4-12(17)9-18/h5-6,8,12,18H,2-4,7,9H2,1H3,(H3,15,16). The molecule has 1 aromatic carbocycles. The van der Waals surface area contributed by atoms with E-state index in [0.717, 1.165) is 29.8 Å². The van der Waals surface area contributed by atoms with Crippen LogP contribution in [-0.2, 0) is 0 Å². The summed E-state index contributed by atoms with van der Waals surface area (Å²) in [6, 6.07) is 6.18. The zero-order chi connectivity index (χ0) is 13.1. The minimum absolute atomic E-state index is 0.108. The smallest absolute Gasteiger partial charge is 0.123 e. The van der Waals surface area contributed by atoms with Gasteiger partial charge in [-0.05, 0) is 49.9 Å². The molecule has 0 bridgehead atoms. The zero-order valence-corrected chi connectivity index (χ0v) is 10.8. The van der Waals surface area contributed by atoms with Gasteiger partial charge in [0.15, 0.2) is 0 Å². The van der Waals surface area contributed by atoms with Crippen LogP contribution in [0.2, 0.25) is 0 Å². The molecule has 4 heteroatoms. The molecule has 98 valence electrons. The monoisotopic (exact) mass is 247 g/mol. The Morgan fingerprint density at radius 3 is 2.89 bits per heavy atom. The van der Waals surface area contributed by atoms with Crippen LogP contribution in [0.4, 0.5) is 5.69 Å². The molecule has 2 rings (SSSR count). The van der Waals surface area contributed by atoms with Gasteiger partial charge in [0.2, 0.25) is 0 Å². The maximum atomic E-state index is 9.44. The molecule has 0 aromatic heterocycles. The van der Waals surface area contributed by atoms with Crippen LogP contribution in [-0.4, -0.2) is 30.1 Å². The summed E-state index contributed by atoms with van der Waals surface area (Å²) in [7, 11) is 0. The lowest BCUT2D eigenvalue weighted by atomic mass is 10.00. The van der Waals surface area contributed by atoms with Gasteiger partial charge in [0.1, 0.15) is 5.84 Å². The number of hydrogen-bond donors (Lipinski definition) is 3. The first kappa shape index (κ1) is 12.9. The number of anilines is 1. The maximum Gasteiger partial charge on any atom is 0.123 e. The SMILES string of the molecule is Cc1cc(N2CCCCC2CO)ccc1C(=N)N. The first-order chi connectivity index (χ1) is 8.63. The van der Waals surface area contributed by atoms with Crippen molar-refractivity contribution in [2.75, 3.05) is 18.1 Å². The molecule has 1 saturated heterocycles. The summed E-state index contributed by atoms with van der Waals surface area (Å²) in [6.45, 7) is 3.16. The quantitative estimate of drug-likeness (QED) is 0.561. The normalized spacial score (nSPS) is 19.9. The third-order valence-corrected chi connectivity index (χ3v) is 3.67. The van der Waals surface area contributed by atoms with Crippen molar-refractivity contribution in [3.8, 4) is 0 Å². The van der Waals surface area contributed by atoms with E-state index in [9.17, 15) is 5.11 Å². The summed E-state index contributed by atoms with van der Waals surface area (Å²) in [5.41, 5.74) is 8.45. The third-order valence-electron chi connectivity index (χ3n) is 3.67. The van der Waals surface area contributed by atoms with E-state index in [1.165, 1.54) is 12.8 Å². The number of hydrogen-bond acceptors (Lipinski definition) is 3. The number of aryl methyl sites for hydroxylation is 1. The molecule has 1 aliphatic heterocycles. The first-order valence-corrected chi connectivity index (χ1v) is 6.46. The van der Waals surface area contributed by atoms with Crippen molar-refractivity contribution >= 4 is 11.5 Å². The van der Waals surface area contributed by atoms with Crippen molar-refractivity contribution < 1.29 is 5.11 Å². The van der Waals surface area contributed by atoms with E-state index in [-0.39, 0.29) is 18.5 Å². The number of amidine groups is 1. The second kappa shape index (κ2) is 5.40. The number of piperidine rings is 1. The van der Waals surface area contributed by atoms with Crippen molar-refractivity contribution in [3.63, 3.8) is 0 Å². The average Bonchev–Trinajstić information content (AvgIpc) is 2.38. The molecule has 1 aliphatic rings. The number of aliphatic hydroxyl groups excluding tert-OH is 1. The number of aliphatic hydroxyl groups is 1. The van der Waals surface area contributed by atoms with Gasteiger partial charge in [0.05, 0.1) is 12.6 Å². The fourth-order valence-corrected chi connectivity index (χ4v) is 2.66. The highest BCUT2D eigenvalue weighted by molar-refractivity contribution is 5.96. The average molecular weight is 247 g/mol. The van der Waals surface area contributed by atoms with Gasteiger partial charge >= 0.3 is 0 Å². The predicted molar refractivity (Wildman–Crippen MR) is 74.3 cm³/mol. The minimum Gasteiger partial charge on any atom is -0.394 e. The van der Waals surface area contributed by atoms with Crippen LogP contribution >= 0.6 is 0 Å². The lowest BCUT2D eigenvalue weighted by Gasteiger charge is -2.36. The molecule has 0 saturated carbocycles. The van der Waals surface area contributed by atoms with Crippen LogP contribution in [0.5, 0.6) is 0 Å². The topological polar surface area (TPSA) is 73.3 Å². The van der Waals surface area contributed by atoms with Crippen LogP contribution in [0.1, 0.15) is 30.4 Å². The lowest BCUT2D eigenvalue weighted by molar-refractivity contribution is 0.240. The number of nitrogens with zero attached hydrogens (tertiary/aromatic N) is 1. The largest absolute Gasteiger partial charge is 0.394 e. The van der Waals surface area contributed by atoms with E-state index >= 15 is 0 Å². The summed E-state index contributed by atoms with van der Waals surface area (Å²) in [5.74, 6) is 0.108. The van der Waals surface area contributed by atoms with E-state index < -0.39 is 0 Å². The molecule has 18 heavy (non-hydrogen) atoms. The van der Waals surface area contributed by atoms with Crippen molar-refractivity contribution in [3.05, 3.63) is 29.3 Å². The Morgan fingerprint density at radius 2 is 2.28 bits per heavy atom. The summed E-state index contributed by atoms with van der Waals surface area (Å²) >= 11 is 0. The maximum absolute atomic E-state index is 9.44. The van der Waals surface area contributed by atoms with Crippen molar-refractivity contribution in [1.82, 2.24) is 0 Å². The molecule has 0 radical (unpaired) electrons. The molecular formula is C14H21N3O. The third kappa shape index (κ3) is 2.48. The molecular weight excluding hydrogens is 226 g/mol. The molecule has 1 unspecified atom stereocenters. The number of nitrogens with one attached hydrogen (secondary N) is 1. The highest BCUT2D eigenvalue weighted by atomic mass is 16.3. The fourth-order valence-electron chi connectivity index (χ4n) is 2.66. The van der Waals surface area contributed by atoms with Gasteiger partial charge in [0.25, 0.3) is 0 Å². The minimum atomic E-state index is 0.108. The van der Waals surface area contributed by atoms with Gasteiger partial charge in [0, 0.05) is 17.8 Å². The van der Waals surface area contributed by atoms with Gasteiger partial charge in [-0.25, -0.2) is 0 Å². The van der Waals surface area contributed by atoms with E-state index in [0.29, 0.717) is 0 Å². The van der Waals surface area contributed by atoms with Crippen molar-refractivity contribution in [2.45, 2.75) is 32.2 Å². The van der Waals surface area contributed by atoms with Crippen LogP contribution < -0.4 is 10.6 Å². The predicted octanol–water partition coefficient (Wildman–Crippen LogP) is 1.63. The molecule has 1 heterocycles. The van der Waals surface area contributed by atoms with E-state index in [1.54, 1.807) is 0 Å². The molecule has 1 fully saturated rings. The second-order valence-corrected chi connectivity index (χ2v) is 4.94. The summed E-state index contributed by atoms with van der Waals surface area (Å²) in [4.78, 5) is 2.26. The van der Waals surface area contributed by atoms with Crippen molar-refractivity contribution in [1.29, 1.82) is 5.41 Å². The Labute approximate surface area is 108 Å². The van der Waals surface area contributed by atoms with Crippen molar-refractivity contribution in [2.24, 2.45) is 5.73 Å². The Hall–Kier alpha value is -1.55. The van der Waals surface area contributed by atoms with Gasteiger partial charge in [-0.1, -0.05) is 0 Å². The van der Waals surface area contributed by atoms with Crippen LogP contribution in [0.3, 0.4) is 0 Å². The Bertz CT molecular complexity index is 445. The highest BCUT2D eigenvalue weighted by Crippen LogP contribution is 2.26. The summed E-state index contributed by atoms with van der Waals surface area (Å²) in [6.07, 6.45) is 3.40. The second-order valence-electron chi connectivity index (χ2n) is 4.94. The van der Waals surface area contributed by atoms with Crippen LogP contribution in [0.15, 0.2) is 18.2 Å². The molecule has 4 nitrogen and oxygen atoms in total. The highest BCUT2D eigenvalue weighted by Gasteiger charge is 2.22. The Kier molecular flexibility index (Phi) is 3.87. The van der Waals surface area contributed by atoms with E-state index in [1.807, 2.05) is 19.1 Å². The number of benzene rings is 1. The molecule has 0 amide bonds. The van der Waals surface area contributed by atoms with E-state index in [4.69, 9.17) is 11.1 Å². The molecule has 1 atom stereocenters. The number of nitrogen functional groups attached to an aromatic ring is 1. The molecule has 0 aliphatic carbocycles. The summed E-state index contributed by atoms with van der Waals surface area (Å²) < 4.78 is 0. The number of rotatable bonds is 3. The fraction of sp³-hybridized carbons (Fsp3) is 0.500. The van der Waals surface area contributed by atoms with E-state index in [2.05, 4.69) is 11.0 Å². The Morgan fingerprint density at radius 1 is 1.50 bits per heavy atom. The zero-order valence-electron chi connectivity index (χ0n) is 10.8. The first-order valence-electron chi connectivity index (χ1n) is 6.46. The van der Waals surface area contributed by atoms with Crippen LogP contribution in [0.25, 0.3) is 0 Å². The lowest BCUT2D eigenvalue weighted by Crippen LogP contribution is -2.42. The molecule has 1 aromatic rings. The summed E-state index contributed by atoms with van der Waals surface area (Å²) in [5, 5.41) is 16.9. The molecule has 0 spiro atoms. The van der Waals surface area contributed by atoms with Gasteiger partial charge in [-0.3, -0.25) is 5.41 Å². The van der Waals surface area contributed by atoms with Crippen LogP contribution in [0, 0.1) is 12.3 Å². The Balaban J connectivity index is 2.27. The number of nitrogens with two attached hydrogens (primary N) is 1. The van der Waals surface area contributed by atoms with Gasteiger partial charge in [-0.2, -0.15) is 0 Å². The molecule has 4 N–H and O–H groups in total.